The zero-order valence-electron chi connectivity index (χ0n) is 11.8. The molecule has 0 bridgehead atoms. The maximum Gasteiger partial charge on any atom is 0.251 e. The summed E-state index contributed by atoms with van der Waals surface area (Å²) in [5, 5.41) is 3.62. The first-order valence-electron chi connectivity index (χ1n) is 7.57. The molecule has 2 aliphatic heterocycles. The van der Waals surface area contributed by atoms with E-state index in [-0.39, 0.29) is 11.3 Å². The number of hydrogen-bond acceptors (Lipinski definition) is 3. The maximum atomic E-state index is 6.18. The van der Waals surface area contributed by atoms with Crippen molar-refractivity contribution in [2.45, 2.75) is 56.8 Å². The Kier molecular flexibility index (Phi) is 2.84. The normalized spacial score (nSPS) is 30.3. The van der Waals surface area contributed by atoms with Gasteiger partial charge >= 0.3 is 0 Å². The maximum absolute atomic E-state index is 6.18. The lowest BCUT2D eigenvalue weighted by Gasteiger charge is -2.26. The fourth-order valence-electron chi connectivity index (χ4n) is 3.78. The van der Waals surface area contributed by atoms with E-state index in [4.69, 9.17) is 9.47 Å². The van der Waals surface area contributed by atoms with Crippen molar-refractivity contribution in [3.8, 4) is 11.5 Å². The molecule has 108 valence electrons. The molecule has 20 heavy (non-hydrogen) atoms. The molecule has 1 aliphatic carbocycles. The zero-order chi connectivity index (χ0) is 13.8. The second-order valence-corrected chi connectivity index (χ2v) is 7.32. The van der Waals surface area contributed by atoms with E-state index < -0.39 is 0 Å². The molecular weight excluding hydrogens is 318 g/mol. The quantitative estimate of drug-likeness (QED) is 0.837. The topological polar surface area (TPSA) is 30.5 Å². The van der Waals surface area contributed by atoms with Crippen molar-refractivity contribution in [1.29, 1.82) is 0 Å². The van der Waals surface area contributed by atoms with Crippen molar-refractivity contribution in [3.05, 3.63) is 22.2 Å². The Morgan fingerprint density at radius 2 is 1.75 bits per heavy atom. The number of ether oxygens (including phenoxy) is 2. The van der Waals surface area contributed by atoms with Crippen molar-refractivity contribution in [2.75, 3.05) is 6.54 Å². The predicted octanol–water partition coefficient (Wildman–Crippen LogP) is 4.09. The summed E-state index contributed by atoms with van der Waals surface area (Å²) < 4.78 is 13.4. The molecule has 0 amide bonds. The predicted molar refractivity (Wildman–Crippen MR) is 81.2 cm³/mol. The van der Waals surface area contributed by atoms with Crippen molar-refractivity contribution >= 4 is 15.9 Å². The molecule has 1 aromatic rings. The van der Waals surface area contributed by atoms with E-state index in [0.29, 0.717) is 0 Å². The largest absolute Gasteiger partial charge is 0.448 e. The molecule has 2 fully saturated rings. The van der Waals surface area contributed by atoms with E-state index in [1.54, 1.807) is 0 Å². The molecule has 0 aromatic heterocycles. The van der Waals surface area contributed by atoms with Crippen molar-refractivity contribution in [2.24, 2.45) is 0 Å². The molecule has 1 saturated heterocycles. The summed E-state index contributed by atoms with van der Waals surface area (Å²) in [6, 6.07) is 4.26. The smallest absolute Gasteiger partial charge is 0.251 e. The summed E-state index contributed by atoms with van der Waals surface area (Å²) in [6.45, 7) is 3.36. The third-order valence-electron chi connectivity index (χ3n) is 4.95. The van der Waals surface area contributed by atoms with Gasteiger partial charge in [-0.25, -0.2) is 0 Å². The van der Waals surface area contributed by atoms with Crippen molar-refractivity contribution in [1.82, 2.24) is 5.32 Å². The summed E-state index contributed by atoms with van der Waals surface area (Å²) in [6.07, 6.45) is 6.79. The second kappa shape index (κ2) is 4.38. The minimum atomic E-state index is -0.371. The zero-order valence-corrected chi connectivity index (χ0v) is 13.4. The Bertz CT molecular complexity index is 546. The van der Waals surface area contributed by atoms with Crippen LogP contribution in [0, 0.1) is 0 Å². The molecule has 2 heterocycles. The molecule has 4 rings (SSSR count). The Morgan fingerprint density at radius 3 is 2.40 bits per heavy atom. The van der Waals surface area contributed by atoms with Crippen molar-refractivity contribution in [3.63, 3.8) is 0 Å². The Labute approximate surface area is 128 Å². The SMILES string of the molecule is CC1(c2cc3c(cc2Br)OC2(CCCC2)O3)CCCN1. The van der Waals surface area contributed by atoms with Gasteiger partial charge in [0.1, 0.15) is 0 Å². The molecule has 4 heteroatoms. The molecule has 1 spiro atoms. The van der Waals surface area contributed by atoms with Crippen LogP contribution in [0.4, 0.5) is 0 Å². The highest BCUT2D eigenvalue weighted by Gasteiger charge is 2.45. The van der Waals surface area contributed by atoms with Gasteiger partial charge in [0.05, 0.1) is 0 Å². The van der Waals surface area contributed by atoms with Crippen LogP contribution in [0.3, 0.4) is 0 Å². The van der Waals surface area contributed by atoms with E-state index in [9.17, 15) is 0 Å². The molecule has 1 atom stereocenters. The molecule has 3 aliphatic rings. The molecule has 1 saturated carbocycles. The molecule has 0 radical (unpaired) electrons. The first-order valence-corrected chi connectivity index (χ1v) is 8.37. The van der Waals surface area contributed by atoms with Crippen LogP contribution in [0.5, 0.6) is 11.5 Å². The lowest BCUT2D eigenvalue weighted by atomic mass is 9.90. The average Bonchev–Trinajstić information content (AvgIpc) is 3.10. The van der Waals surface area contributed by atoms with Gasteiger partial charge in [-0.2, -0.15) is 0 Å². The van der Waals surface area contributed by atoms with Gasteiger partial charge in [0.25, 0.3) is 5.79 Å². The van der Waals surface area contributed by atoms with Crippen molar-refractivity contribution < 1.29 is 9.47 Å². The average molecular weight is 338 g/mol. The first-order chi connectivity index (χ1) is 9.60. The lowest BCUT2D eigenvalue weighted by molar-refractivity contribution is -0.0716. The number of rotatable bonds is 1. The number of benzene rings is 1. The Balaban J connectivity index is 1.72. The van der Waals surface area contributed by atoms with Gasteiger partial charge in [-0.15, -0.1) is 0 Å². The standard InChI is InChI=1S/C16H20BrNO2/c1-15(5-4-8-18-15)11-9-13-14(10-12(11)17)20-16(19-13)6-2-3-7-16/h9-10,18H,2-8H2,1H3. The molecule has 1 N–H and O–H groups in total. The highest BCUT2D eigenvalue weighted by atomic mass is 79.9. The molecule has 1 aromatic carbocycles. The van der Waals surface area contributed by atoms with Crippen LogP contribution < -0.4 is 14.8 Å². The fourth-order valence-corrected chi connectivity index (χ4v) is 4.54. The summed E-state index contributed by atoms with van der Waals surface area (Å²) in [5.41, 5.74) is 1.33. The monoisotopic (exact) mass is 337 g/mol. The third kappa shape index (κ3) is 1.88. The van der Waals surface area contributed by atoms with Crippen LogP contribution in [0.15, 0.2) is 16.6 Å². The van der Waals surface area contributed by atoms with Crippen LogP contribution in [0.2, 0.25) is 0 Å². The Hall–Kier alpha value is -0.740. The number of halogens is 1. The van der Waals surface area contributed by atoms with Crippen LogP contribution in [0.1, 0.15) is 51.0 Å². The molecular formula is C16H20BrNO2. The van der Waals surface area contributed by atoms with Gasteiger partial charge in [-0.3, -0.25) is 0 Å². The van der Waals surface area contributed by atoms with Gasteiger partial charge in [0.15, 0.2) is 11.5 Å². The van der Waals surface area contributed by atoms with E-state index in [1.807, 2.05) is 0 Å². The van der Waals surface area contributed by atoms with Gasteiger partial charge in [0.2, 0.25) is 0 Å². The highest BCUT2D eigenvalue weighted by molar-refractivity contribution is 9.10. The van der Waals surface area contributed by atoms with Gasteiger partial charge in [-0.05, 0) is 56.8 Å². The van der Waals surface area contributed by atoms with E-state index >= 15 is 0 Å². The van der Waals surface area contributed by atoms with Gasteiger partial charge in [0, 0.05) is 22.9 Å². The van der Waals surface area contributed by atoms with E-state index in [1.165, 1.54) is 24.8 Å². The summed E-state index contributed by atoms with van der Waals surface area (Å²) in [7, 11) is 0. The second-order valence-electron chi connectivity index (χ2n) is 6.46. The number of fused-ring (bicyclic) bond motifs is 1. The number of hydrogen-bond donors (Lipinski definition) is 1. The highest BCUT2D eigenvalue weighted by Crippen LogP contribution is 2.50. The van der Waals surface area contributed by atoms with Crippen LogP contribution in [-0.2, 0) is 5.54 Å². The fraction of sp³-hybridized carbons (Fsp3) is 0.625. The van der Waals surface area contributed by atoms with Crippen LogP contribution in [-0.4, -0.2) is 12.3 Å². The minimum absolute atomic E-state index is 0.0443. The molecule has 1 unspecified atom stereocenters. The summed E-state index contributed by atoms with van der Waals surface area (Å²) >= 11 is 3.72. The summed E-state index contributed by atoms with van der Waals surface area (Å²) in [4.78, 5) is 0. The first kappa shape index (κ1) is 13.0. The van der Waals surface area contributed by atoms with Crippen LogP contribution in [0.25, 0.3) is 0 Å². The van der Waals surface area contributed by atoms with Gasteiger partial charge < -0.3 is 14.8 Å². The third-order valence-corrected chi connectivity index (χ3v) is 5.61. The van der Waals surface area contributed by atoms with E-state index in [2.05, 4.69) is 40.3 Å². The lowest BCUT2D eigenvalue weighted by Crippen LogP contribution is -2.34. The summed E-state index contributed by atoms with van der Waals surface area (Å²) in [5.74, 6) is 1.44. The molecule has 3 nitrogen and oxygen atoms in total. The Morgan fingerprint density at radius 1 is 1.05 bits per heavy atom. The van der Waals surface area contributed by atoms with E-state index in [0.717, 1.165) is 41.8 Å². The number of nitrogens with one attached hydrogen (secondary N) is 1. The van der Waals surface area contributed by atoms with Crippen LogP contribution >= 0.6 is 15.9 Å². The minimum Gasteiger partial charge on any atom is -0.448 e. The van der Waals surface area contributed by atoms with Gasteiger partial charge in [-0.1, -0.05) is 15.9 Å².